The van der Waals surface area contributed by atoms with Crippen molar-refractivity contribution < 1.29 is 9.90 Å². The van der Waals surface area contributed by atoms with Crippen molar-refractivity contribution in [3.05, 3.63) is 28.8 Å². The Balaban J connectivity index is 1.89. The molecule has 1 N–H and O–H groups in total. The Morgan fingerprint density at radius 2 is 2.37 bits per heavy atom. The van der Waals surface area contributed by atoms with E-state index in [0.717, 1.165) is 24.0 Å². The van der Waals surface area contributed by atoms with Gasteiger partial charge in [0.1, 0.15) is 10.7 Å². The number of carbonyl (C=O) groups is 1. The van der Waals surface area contributed by atoms with E-state index in [9.17, 15) is 4.79 Å². The standard InChI is InChI=1S/C12H14N4O2S/c1-2-8-10(11(17)18)19-12(14-8)16-6-5-15-4-3-13-9(15)7-16/h3-4H,2,5-7H2,1H3,(H,17,18). The van der Waals surface area contributed by atoms with Gasteiger partial charge in [0.25, 0.3) is 0 Å². The van der Waals surface area contributed by atoms with Crippen molar-refractivity contribution in [1.82, 2.24) is 14.5 Å². The number of aromatic carboxylic acids is 1. The summed E-state index contributed by atoms with van der Waals surface area (Å²) in [5.41, 5.74) is 0.668. The molecule has 2 aromatic heterocycles. The van der Waals surface area contributed by atoms with Gasteiger partial charge in [-0.05, 0) is 6.42 Å². The average molecular weight is 278 g/mol. The van der Waals surface area contributed by atoms with Crippen molar-refractivity contribution in [2.24, 2.45) is 0 Å². The second-order valence-electron chi connectivity index (χ2n) is 4.39. The Morgan fingerprint density at radius 3 is 3.05 bits per heavy atom. The van der Waals surface area contributed by atoms with E-state index in [4.69, 9.17) is 5.11 Å². The summed E-state index contributed by atoms with van der Waals surface area (Å²) in [4.78, 5) is 22.4. The Hall–Kier alpha value is -1.89. The van der Waals surface area contributed by atoms with Crippen LogP contribution >= 0.6 is 11.3 Å². The molecule has 0 saturated heterocycles. The summed E-state index contributed by atoms with van der Waals surface area (Å²) in [5, 5.41) is 9.95. The molecular weight excluding hydrogens is 264 g/mol. The van der Waals surface area contributed by atoms with Crippen molar-refractivity contribution in [1.29, 1.82) is 0 Å². The number of carboxylic acid groups (broad SMARTS) is 1. The molecule has 6 nitrogen and oxygen atoms in total. The molecule has 3 rings (SSSR count). The van der Waals surface area contributed by atoms with Crippen LogP contribution in [0.1, 0.15) is 28.1 Å². The highest BCUT2D eigenvalue weighted by molar-refractivity contribution is 7.17. The number of anilines is 1. The maximum Gasteiger partial charge on any atom is 0.347 e. The molecule has 0 bridgehead atoms. The Labute approximate surface area is 114 Å². The molecule has 0 aromatic carbocycles. The Kier molecular flexibility index (Phi) is 2.98. The van der Waals surface area contributed by atoms with E-state index in [2.05, 4.69) is 19.4 Å². The van der Waals surface area contributed by atoms with Gasteiger partial charge in [-0.25, -0.2) is 14.8 Å². The summed E-state index contributed by atoms with van der Waals surface area (Å²) in [6.45, 7) is 4.30. The van der Waals surface area contributed by atoms with Crippen LogP contribution in [0.3, 0.4) is 0 Å². The number of aromatic nitrogens is 3. The van der Waals surface area contributed by atoms with Crippen LogP contribution in [0.25, 0.3) is 0 Å². The van der Waals surface area contributed by atoms with Crippen molar-refractivity contribution >= 4 is 22.4 Å². The van der Waals surface area contributed by atoms with Gasteiger partial charge in [0.05, 0.1) is 12.2 Å². The third-order valence-electron chi connectivity index (χ3n) is 3.23. The summed E-state index contributed by atoms with van der Waals surface area (Å²) >= 11 is 1.25. The fourth-order valence-electron chi connectivity index (χ4n) is 2.22. The molecule has 19 heavy (non-hydrogen) atoms. The lowest BCUT2D eigenvalue weighted by Gasteiger charge is -2.27. The molecule has 2 aromatic rings. The Bertz CT molecular complexity index is 619. The normalized spacial score (nSPS) is 14.5. The zero-order chi connectivity index (χ0) is 13.4. The molecular formula is C12H14N4O2S. The summed E-state index contributed by atoms with van der Waals surface area (Å²) in [5.74, 6) is 0.107. The summed E-state index contributed by atoms with van der Waals surface area (Å²) in [7, 11) is 0. The summed E-state index contributed by atoms with van der Waals surface area (Å²) in [6, 6.07) is 0. The first-order valence-electron chi connectivity index (χ1n) is 6.17. The number of carboxylic acids is 1. The number of nitrogens with zero attached hydrogens (tertiary/aromatic N) is 4. The van der Waals surface area contributed by atoms with Gasteiger partial charge in [0.2, 0.25) is 0 Å². The first kappa shape index (κ1) is 12.2. The van der Waals surface area contributed by atoms with Crippen LogP contribution in [0.2, 0.25) is 0 Å². The molecule has 0 saturated carbocycles. The predicted octanol–water partition coefficient (Wildman–Crippen LogP) is 1.62. The highest BCUT2D eigenvalue weighted by Crippen LogP contribution is 2.29. The van der Waals surface area contributed by atoms with Gasteiger partial charge in [0, 0.05) is 25.5 Å². The molecule has 7 heteroatoms. The zero-order valence-corrected chi connectivity index (χ0v) is 11.4. The summed E-state index contributed by atoms with van der Waals surface area (Å²) < 4.78 is 2.11. The molecule has 1 aliphatic heterocycles. The minimum Gasteiger partial charge on any atom is -0.477 e. The first-order valence-corrected chi connectivity index (χ1v) is 6.98. The second-order valence-corrected chi connectivity index (χ2v) is 5.37. The lowest BCUT2D eigenvalue weighted by Crippen LogP contribution is -2.33. The number of hydrogen-bond acceptors (Lipinski definition) is 5. The lowest BCUT2D eigenvalue weighted by molar-refractivity contribution is 0.0701. The van der Waals surface area contributed by atoms with E-state index in [1.165, 1.54) is 11.3 Å². The molecule has 1 aliphatic rings. The molecule has 0 unspecified atom stereocenters. The monoisotopic (exact) mass is 278 g/mol. The van der Waals surface area contributed by atoms with Crippen LogP contribution in [-0.4, -0.2) is 32.2 Å². The first-order chi connectivity index (χ1) is 9.19. The minimum atomic E-state index is -0.890. The maximum absolute atomic E-state index is 11.2. The van der Waals surface area contributed by atoms with Gasteiger partial charge in [-0.2, -0.15) is 0 Å². The molecule has 100 valence electrons. The molecule has 0 atom stereocenters. The lowest BCUT2D eigenvalue weighted by atomic mass is 10.3. The second kappa shape index (κ2) is 4.65. The van der Waals surface area contributed by atoms with Gasteiger partial charge in [-0.1, -0.05) is 18.3 Å². The van der Waals surface area contributed by atoms with Gasteiger partial charge in [-0.15, -0.1) is 0 Å². The van der Waals surface area contributed by atoms with E-state index < -0.39 is 5.97 Å². The molecule has 0 amide bonds. The fourth-order valence-corrected chi connectivity index (χ4v) is 3.24. The third kappa shape index (κ3) is 2.10. The van der Waals surface area contributed by atoms with Crippen LogP contribution in [-0.2, 0) is 19.5 Å². The molecule has 0 fully saturated rings. The number of fused-ring (bicyclic) bond motifs is 1. The van der Waals surface area contributed by atoms with Crippen molar-refractivity contribution in [2.75, 3.05) is 11.4 Å². The van der Waals surface area contributed by atoms with Crippen molar-refractivity contribution in [3.63, 3.8) is 0 Å². The quantitative estimate of drug-likeness (QED) is 0.923. The highest BCUT2D eigenvalue weighted by atomic mass is 32.1. The number of imidazole rings is 1. The Morgan fingerprint density at radius 1 is 1.53 bits per heavy atom. The fraction of sp³-hybridized carbons (Fsp3) is 0.417. The largest absolute Gasteiger partial charge is 0.477 e. The van der Waals surface area contributed by atoms with Crippen molar-refractivity contribution in [2.45, 2.75) is 26.4 Å². The van der Waals surface area contributed by atoms with E-state index in [1.54, 1.807) is 6.20 Å². The van der Waals surface area contributed by atoms with E-state index in [-0.39, 0.29) is 0 Å². The number of thiazole rings is 1. The van der Waals surface area contributed by atoms with E-state index in [1.807, 2.05) is 13.1 Å². The van der Waals surface area contributed by atoms with Gasteiger partial charge >= 0.3 is 5.97 Å². The van der Waals surface area contributed by atoms with Crippen LogP contribution in [0.5, 0.6) is 0 Å². The maximum atomic E-state index is 11.2. The molecule has 0 aliphatic carbocycles. The number of hydrogen-bond donors (Lipinski definition) is 1. The van der Waals surface area contributed by atoms with Gasteiger partial charge < -0.3 is 14.6 Å². The van der Waals surface area contributed by atoms with E-state index >= 15 is 0 Å². The van der Waals surface area contributed by atoms with Crippen molar-refractivity contribution in [3.8, 4) is 0 Å². The predicted molar refractivity (Wildman–Crippen MR) is 71.7 cm³/mol. The average Bonchev–Trinajstić information content (AvgIpc) is 3.04. The number of rotatable bonds is 3. The highest BCUT2D eigenvalue weighted by Gasteiger charge is 2.23. The summed E-state index contributed by atoms with van der Waals surface area (Å²) in [6.07, 6.45) is 4.40. The van der Waals surface area contributed by atoms with Crippen LogP contribution in [0, 0.1) is 0 Å². The van der Waals surface area contributed by atoms with E-state index in [0.29, 0.717) is 23.5 Å². The smallest absolute Gasteiger partial charge is 0.347 e. The third-order valence-corrected chi connectivity index (χ3v) is 4.38. The van der Waals surface area contributed by atoms with Crippen LogP contribution in [0.4, 0.5) is 5.13 Å². The van der Waals surface area contributed by atoms with Crippen LogP contribution < -0.4 is 4.90 Å². The minimum absolute atomic E-state index is 0.353. The molecule has 0 spiro atoms. The zero-order valence-electron chi connectivity index (χ0n) is 10.5. The van der Waals surface area contributed by atoms with Crippen LogP contribution in [0.15, 0.2) is 12.4 Å². The molecule has 3 heterocycles. The SMILES string of the molecule is CCc1nc(N2CCn3ccnc3C2)sc1C(=O)O. The number of aryl methyl sites for hydroxylation is 1. The van der Waals surface area contributed by atoms with Gasteiger partial charge in [0.15, 0.2) is 5.13 Å². The molecule has 0 radical (unpaired) electrons. The van der Waals surface area contributed by atoms with Gasteiger partial charge in [-0.3, -0.25) is 0 Å². The topological polar surface area (TPSA) is 71.2 Å².